The van der Waals surface area contributed by atoms with Crippen LogP contribution in [0.15, 0.2) is 18.2 Å². The number of benzene rings is 1. The van der Waals surface area contributed by atoms with Crippen LogP contribution in [-0.4, -0.2) is 46.6 Å². The highest BCUT2D eigenvalue weighted by Gasteiger charge is 2.06. The van der Waals surface area contributed by atoms with Crippen molar-refractivity contribution in [1.29, 1.82) is 0 Å². The summed E-state index contributed by atoms with van der Waals surface area (Å²) in [5, 5.41) is 12.9. The Morgan fingerprint density at radius 2 is 1.95 bits per heavy atom. The number of hydrogen-bond donors (Lipinski definition) is 2. The van der Waals surface area contributed by atoms with E-state index in [4.69, 9.17) is 4.74 Å². The molecule has 0 aliphatic rings. The van der Waals surface area contributed by atoms with E-state index in [0.29, 0.717) is 24.6 Å². The first-order chi connectivity index (χ1) is 9.51. The van der Waals surface area contributed by atoms with Gasteiger partial charge in [0.15, 0.2) is 0 Å². The molecule has 4 nitrogen and oxygen atoms in total. The van der Waals surface area contributed by atoms with E-state index in [9.17, 15) is 9.32 Å². The third kappa shape index (κ3) is 7.03. The van der Waals surface area contributed by atoms with Crippen molar-refractivity contribution in [2.24, 2.45) is 0 Å². The van der Waals surface area contributed by atoms with Crippen LogP contribution in [0.2, 0.25) is 0 Å². The van der Waals surface area contributed by atoms with Gasteiger partial charge in [0.05, 0.1) is 0 Å². The number of rotatable bonds is 9. The first-order valence-corrected chi connectivity index (χ1v) is 8.45. The average molecular weight is 299 g/mol. The Morgan fingerprint density at radius 3 is 2.55 bits per heavy atom. The smallest absolute Gasteiger partial charge is 0.119 e. The minimum Gasteiger partial charge on any atom is -0.491 e. The third-order valence-electron chi connectivity index (χ3n) is 2.85. The van der Waals surface area contributed by atoms with Crippen LogP contribution >= 0.6 is 0 Å². The lowest BCUT2D eigenvalue weighted by atomic mass is 10.1. The molecule has 0 fully saturated rings. The standard InChI is InChI=1S/C15H25NO3S/c1-4-20(18)6-5-16-10-14(17)11-19-15-8-12(2)7-13(3)9-15/h7-9,14,16-17H,4-6,10-11H2,1-3H3. The van der Waals surface area contributed by atoms with E-state index >= 15 is 0 Å². The lowest BCUT2D eigenvalue weighted by molar-refractivity contribution is 0.107. The lowest BCUT2D eigenvalue weighted by Gasteiger charge is -2.14. The van der Waals surface area contributed by atoms with E-state index in [1.807, 2.05) is 32.9 Å². The maximum Gasteiger partial charge on any atom is 0.119 e. The molecule has 1 aromatic carbocycles. The molecule has 20 heavy (non-hydrogen) atoms. The van der Waals surface area contributed by atoms with Crippen LogP contribution in [-0.2, 0) is 10.8 Å². The Kier molecular flexibility index (Phi) is 7.80. The molecule has 0 heterocycles. The van der Waals surface area contributed by atoms with Gasteiger partial charge in [-0.2, -0.15) is 0 Å². The molecule has 2 N–H and O–H groups in total. The summed E-state index contributed by atoms with van der Waals surface area (Å²) in [6.45, 7) is 7.31. The van der Waals surface area contributed by atoms with Gasteiger partial charge in [-0.3, -0.25) is 4.21 Å². The largest absolute Gasteiger partial charge is 0.491 e. The predicted molar refractivity (Wildman–Crippen MR) is 83.8 cm³/mol. The van der Waals surface area contributed by atoms with Crippen molar-refractivity contribution in [3.05, 3.63) is 29.3 Å². The van der Waals surface area contributed by atoms with Gasteiger partial charge >= 0.3 is 0 Å². The van der Waals surface area contributed by atoms with Gasteiger partial charge in [-0.25, -0.2) is 0 Å². The van der Waals surface area contributed by atoms with Crippen LogP contribution < -0.4 is 10.1 Å². The number of hydrogen-bond acceptors (Lipinski definition) is 4. The number of nitrogens with one attached hydrogen (secondary N) is 1. The van der Waals surface area contributed by atoms with Crippen molar-refractivity contribution in [1.82, 2.24) is 5.32 Å². The Bertz CT molecular complexity index is 417. The Hall–Kier alpha value is -0.910. The van der Waals surface area contributed by atoms with Crippen molar-refractivity contribution < 1.29 is 14.1 Å². The van der Waals surface area contributed by atoms with Crippen LogP contribution in [0.25, 0.3) is 0 Å². The molecule has 0 aliphatic heterocycles. The maximum absolute atomic E-state index is 11.2. The van der Waals surface area contributed by atoms with Gasteiger partial charge in [0.25, 0.3) is 0 Å². The fraction of sp³-hybridized carbons (Fsp3) is 0.600. The molecule has 0 radical (unpaired) electrons. The molecule has 1 aromatic rings. The Labute approximate surface area is 124 Å². The Balaban J connectivity index is 2.22. The van der Waals surface area contributed by atoms with Gasteiger partial charge in [-0.1, -0.05) is 13.0 Å². The normalized spacial score (nSPS) is 14.0. The molecule has 2 unspecified atom stereocenters. The van der Waals surface area contributed by atoms with Crippen LogP contribution in [0.1, 0.15) is 18.1 Å². The molecule has 0 amide bonds. The third-order valence-corrected chi connectivity index (χ3v) is 4.15. The van der Waals surface area contributed by atoms with Gasteiger partial charge < -0.3 is 15.2 Å². The summed E-state index contributed by atoms with van der Waals surface area (Å²) in [7, 11) is -0.756. The summed E-state index contributed by atoms with van der Waals surface area (Å²) in [5.74, 6) is 2.09. The summed E-state index contributed by atoms with van der Waals surface area (Å²) in [6, 6.07) is 5.99. The SMILES string of the molecule is CCS(=O)CCNCC(O)COc1cc(C)cc(C)c1. The summed E-state index contributed by atoms with van der Waals surface area (Å²) in [5.41, 5.74) is 2.30. The van der Waals surface area contributed by atoms with E-state index < -0.39 is 16.9 Å². The van der Waals surface area contributed by atoms with Crippen LogP contribution in [0.4, 0.5) is 0 Å². The first-order valence-electron chi connectivity index (χ1n) is 6.96. The van der Waals surface area contributed by atoms with Gasteiger partial charge in [-0.15, -0.1) is 0 Å². The number of ether oxygens (including phenoxy) is 1. The zero-order valence-electron chi connectivity index (χ0n) is 12.5. The monoisotopic (exact) mass is 299 g/mol. The van der Waals surface area contributed by atoms with Gasteiger partial charge in [-0.05, 0) is 37.1 Å². The number of aryl methyl sites for hydroxylation is 2. The maximum atomic E-state index is 11.2. The highest BCUT2D eigenvalue weighted by Crippen LogP contribution is 2.16. The fourth-order valence-electron chi connectivity index (χ4n) is 1.87. The summed E-state index contributed by atoms with van der Waals surface area (Å²) in [4.78, 5) is 0. The van der Waals surface area contributed by atoms with E-state index in [2.05, 4.69) is 11.4 Å². The van der Waals surface area contributed by atoms with Crippen molar-refractivity contribution >= 4 is 10.8 Å². The second kappa shape index (κ2) is 9.10. The predicted octanol–water partition coefficient (Wildman–Crippen LogP) is 1.40. The highest BCUT2D eigenvalue weighted by atomic mass is 32.2. The van der Waals surface area contributed by atoms with Gasteiger partial charge in [0.2, 0.25) is 0 Å². The quantitative estimate of drug-likeness (QED) is 0.677. The van der Waals surface area contributed by atoms with E-state index in [-0.39, 0.29) is 6.61 Å². The van der Waals surface area contributed by atoms with Crippen molar-refractivity contribution in [2.75, 3.05) is 31.2 Å². The second-order valence-electron chi connectivity index (χ2n) is 4.92. The summed E-state index contributed by atoms with van der Waals surface area (Å²) in [6.07, 6.45) is -0.564. The molecule has 5 heteroatoms. The molecule has 0 saturated carbocycles. The van der Waals surface area contributed by atoms with Crippen molar-refractivity contribution in [3.63, 3.8) is 0 Å². The zero-order valence-corrected chi connectivity index (χ0v) is 13.3. The molecule has 0 saturated heterocycles. The average Bonchev–Trinajstić information content (AvgIpc) is 2.40. The molecule has 1 rings (SSSR count). The molecule has 114 valence electrons. The first kappa shape index (κ1) is 17.1. The van der Waals surface area contributed by atoms with Crippen LogP contribution in [0, 0.1) is 13.8 Å². The lowest BCUT2D eigenvalue weighted by Crippen LogP contribution is -2.33. The minimum atomic E-state index is -0.756. The minimum absolute atomic E-state index is 0.257. The van der Waals surface area contributed by atoms with Gasteiger partial charge in [0.1, 0.15) is 18.5 Å². The molecule has 0 aromatic heterocycles. The van der Waals surface area contributed by atoms with Crippen molar-refractivity contribution in [3.8, 4) is 5.75 Å². The van der Waals surface area contributed by atoms with E-state index in [1.165, 1.54) is 0 Å². The van der Waals surface area contributed by atoms with E-state index in [1.54, 1.807) is 0 Å². The molecule has 0 aliphatic carbocycles. The number of aliphatic hydroxyl groups excluding tert-OH is 1. The fourth-order valence-corrected chi connectivity index (χ4v) is 2.53. The van der Waals surface area contributed by atoms with Gasteiger partial charge in [0, 0.05) is 35.4 Å². The van der Waals surface area contributed by atoms with Crippen LogP contribution in [0.3, 0.4) is 0 Å². The molecule has 2 atom stereocenters. The highest BCUT2D eigenvalue weighted by molar-refractivity contribution is 7.84. The summed E-state index contributed by atoms with van der Waals surface area (Å²) < 4.78 is 16.8. The van der Waals surface area contributed by atoms with E-state index in [0.717, 1.165) is 16.9 Å². The summed E-state index contributed by atoms with van der Waals surface area (Å²) >= 11 is 0. The van der Waals surface area contributed by atoms with Crippen molar-refractivity contribution in [2.45, 2.75) is 26.9 Å². The second-order valence-corrected chi connectivity index (χ2v) is 6.79. The molecular formula is C15H25NO3S. The molecular weight excluding hydrogens is 274 g/mol. The molecule has 0 spiro atoms. The topological polar surface area (TPSA) is 58.6 Å². The molecule has 0 bridgehead atoms. The number of aliphatic hydroxyl groups is 1. The zero-order chi connectivity index (χ0) is 15.0. The van der Waals surface area contributed by atoms with Crippen LogP contribution in [0.5, 0.6) is 5.75 Å². The Morgan fingerprint density at radius 1 is 1.30 bits per heavy atom.